The van der Waals surface area contributed by atoms with E-state index in [1.54, 1.807) is 13.0 Å². The molecule has 2 aromatic rings. The van der Waals surface area contributed by atoms with E-state index in [0.717, 1.165) is 0 Å². The normalized spacial score (nSPS) is 11.4. The Bertz CT molecular complexity index is 599. The van der Waals surface area contributed by atoms with E-state index in [0.29, 0.717) is 11.3 Å². The average molecular weight is 269 g/mol. The second kappa shape index (κ2) is 4.75. The van der Waals surface area contributed by atoms with Gasteiger partial charge in [0.25, 0.3) is 0 Å². The molecule has 2 N–H and O–H groups in total. The highest BCUT2D eigenvalue weighted by molar-refractivity contribution is 5.70. The van der Waals surface area contributed by atoms with Crippen LogP contribution in [0.25, 0.3) is 11.3 Å². The first-order valence-electron chi connectivity index (χ1n) is 5.32. The largest absolute Gasteiger partial charge is 0.573 e. The van der Waals surface area contributed by atoms with Crippen molar-refractivity contribution in [2.45, 2.75) is 13.3 Å². The summed E-state index contributed by atoms with van der Waals surface area (Å²) in [6.07, 6.45) is -4.76. The highest BCUT2D eigenvalue weighted by Crippen LogP contribution is 2.33. The van der Waals surface area contributed by atoms with Crippen LogP contribution in [0.4, 0.5) is 19.0 Å². The number of nitrogens with two attached hydrogens (primary N) is 1. The van der Waals surface area contributed by atoms with E-state index in [1.807, 2.05) is 0 Å². The summed E-state index contributed by atoms with van der Waals surface area (Å²) >= 11 is 0. The number of ether oxygens (including phenoxy) is 1. The molecule has 0 aliphatic rings. The Hall–Kier alpha value is -2.31. The zero-order chi connectivity index (χ0) is 14.0. The second-order valence-electron chi connectivity index (χ2n) is 3.84. The number of hydrogen-bond acceptors (Lipinski definition) is 4. The third-order valence-electron chi connectivity index (χ3n) is 2.37. The number of nitrogen functional groups attached to an aromatic ring is 1. The molecule has 7 heteroatoms. The standard InChI is InChI=1S/C12H10F3N3O/c1-7-6-10(16)17-18-11(7)8-4-2-3-5-9(8)19-12(13,14)15/h2-6H,1H3,(H2,16,17). The molecule has 0 radical (unpaired) electrons. The summed E-state index contributed by atoms with van der Waals surface area (Å²) in [6, 6.07) is 7.28. The Kier molecular flexibility index (Phi) is 3.28. The van der Waals surface area contributed by atoms with Gasteiger partial charge in [-0.05, 0) is 30.7 Å². The molecule has 2 rings (SSSR count). The molecular weight excluding hydrogens is 259 g/mol. The predicted octanol–water partition coefficient (Wildman–Crippen LogP) is 2.93. The number of aromatic nitrogens is 2. The van der Waals surface area contributed by atoms with Crippen molar-refractivity contribution in [2.24, 2.45) is 0 Å². The number of rotatable bonds is 2. The minimum Gasteiger partial charge on any atom is -0.405 e. The molecule has 0 saturated heterocycles. The highest BCUT2D eigenvalue weighted by atomic mass is 19.4. The van der Waals surface area contributed by atoms with Crippen molar-refractivity contribution in [3.63, 3.8) is 0 Å². The van der Waals surface area contributed by atoms with Gasteiger partial charge in [-0.1, -0.05) is 12.1 Å². The fourth-order valence-electron chi connectivity index (χ4n) is 1.65. The van der Waals surface area contributed by atoms with Crippen LogP contribution in [0.1, 0.15) is 5.56 Å². The molecule has 1 aromatic carbocycles. The van der Waals surface area contributed by atoms with Crippen LogP contribution in [0.15, 0.2) is 30.3 Å². The van der Waals surface area contributed by atoms with Crippen molar-refractivity contribution >= 4 is 5.82 Å². The van der Waals surface area contributed by atoms with Crippen LogP contribution in [-0.2, 0) is 0 Å². The number of aryl methyl sites for hydroxylation is 1. The van der Waals surface area contributed by atoms with Crippen molar-refractivity contribution in [2.75, 3.05) is 5.73 Å². The Balaban J connectivity index is 2.50. The average Bonchev–Trinajstić information content (AvgIpc) is 2.28. The highest BCUT2D eigenvalue weighted by Gasteiger charge is 2.32. The lowest BCUT2D eigenvalue weighted by molar-refractivity contribution is -0.274. The van der Waals surface area contributed by atoms with Crippen molar-refractivity contribution in [1.29, 1.82) is 0 Å². The summed E-state index contributed by atoms with van der Waals surface area (Å²) in [5, 5.41) is 7.46. The molecule has 19 heavy (non-hydrogen) atoms. The van der Waals surface area contributed by atoms with Gasteiger partial charge in [-0.25, -0.2) is 0 Å². The van der Waals surface area contributed by atoms with Crippen molar-refractivity contribution in [3.8, 4) is 17.0 Å². The molecule has 1 aromatic heterocycles. The van der Waals surface area contributed by atoms with E-state index in [9.17, 15) is 13.2 Å². The van der Waals surface area contributed by atoms with E-state index >= 15 is 0 Å². The molecule has 0 amide bonds. The minimum atomic E-state index is -4.76. The lowest BCUT2D eigenvalue weighted by atomic mass is 10.1. The van der Waals surface area contributed by atoms with E-state index in [4.69, 9.17) is 5.73 Å². The van der Waals surface area contributed by atoms with Gasteiger partial charge in [0.15, 0.2) is 0 Å². The van der Waals surface area contributed by atoms with Crippen LogP contribution in [0.3, 0.4) is 0 Å². The third-order valence-corrected chi connectivity index (χ3v) is 2.37. The maximum absolute atomic E-state index is 12.3. The lowest BCUT2D eigenvalue weighted by Gasteiger charge is -2.13. The number of benzene rings is 1. The quantitative estimate of drug-likeness (QED) is 0.910. The number of para-hydroxylation sites is 1. The molecule has 0 bridgehead atoms. The van der Waals surface area contributed by atoms with Gasteiger partial charge in [-0.15, -0.1) is 23.4 Å². The van der Waals surface area contributed by atoms with Crippen molar-refractivity contribution in [1.82, 2.24) is 10.2 Å². The Morgan fingerprint density at radius 1 is 1.16 bits per heavy atom. The summed E-state index contributed by atoms with van der Waals surface area (Å²) in [6.45, 7) is 1.69. The molecule has 0 saturated carbocycles. The van der Waals surface area contributed by atoms with Crippen LogP contribution >= 0.6 is 0 Å². The predicted molar refractivity (Wildman–Crippen MR) is 63.3 cm³/mol. The number of anilines is 1. The monoisotopic (exact) mass is 269 g/mol. The van der Waals surface area contributed by atoms with Gasteiger partial charge in [0.1, 0.15) is 11.6 Å². The van der Waals surface area contributed by atoms with Crippen LogP contribution in [0.5, 0.6) is 5.75 Å². The van der Waals surface area contributed by atoms with E-state index in [-0.39, 0.29) is 17.1 Å². The maximum Gasteiger partial charge on any atom is 0.573 e. The Morgan fingerprint density at radius 3 is 2.47 bits per heavy atom. The molecule has 0 unspecified atom stereocenters. The smallest absolute Gasteiger partial charge is 0.405 e. The molecule has 0 aliphatic carbocycles. The molecule has 0 fully saturated rings. The van der Waals surface area contributed by atoms with Gasteiger partial charge in [0, 0.05) is 5.56 Å². The van der Waals surface area contributed by atoms with Gasteiger partial charge < -0.3 is 10.5 Å². The minimum absolute atomic E-state index is 0.204. The van der Waals surface area contributed by atoms with Gasteiger partial charge in [0.2, 0.25) is 0 Å². The van der Waals surface area contributed by atoms with E-state index in [2.05, 4.69) is 14.9 Å². The van der Waals surface area contributed by atoms with E-state index < -0.39 is 6.36 Å². The van der Waals surface area contributed by atoms with Gasteiger partial charge in [0.05, 0.1) is 5.69 Å². The summed E-state index contributed by atoms with van der Waals surface area (Å²) < 4.78 is 40.9. The topological polar surface area (TPSA) is 61.0 Å². The van der Waals surface area contributed by atoms with Crippen molar-refractivity contribution in [3.05, 3.63) is 35.9 Å². The van der Waals surface area contributed by atoms with Crippen LogP contribution < -0.4 is 10.5 Å². The van der Waals surface area contributed by atoms with Gasteiger partial charge >= 0.3 is 6.36 Å². The number of alkyl halides is 3. The molecular formula is C12H10F3N3O. The SMILES string of the molecule is Cc1cc(N)nnc1-c1ccccc1OC(F)(F)F. The summed E-state index contributed by atoms with van der Waals surface area (Å²) in [5.41, 5.74) is 6.59. The lowest BCUT2D eigenvalue weighted by Crippen LogP contribution is -2.17. The summed E-state index contributed by atoms with van der Waals surface area (Å²) in [4.78, 5) is 0. The second-order valence-corrected chi connectivity index (χ2v) is 3.84. The number of halogens is 3. The maximum atomic E-state index is 12.3. The zero-order valence-corrected chi connectivity index (χ0v) is 9.90. The van der Waals surface area contributed by atoms with Crippen molar-refractivity contribution < 1.29 is 17.9 Å². The Labute approximate surface area is 107 Å². The first-order valence-corrected chi connectivity index (χ1v) is 5.32. The van der Waals surface area contributed by atoms with E-state index in [1.165, 1.54) is 24.3 Å². The summed E-state index contributed by atoms with van der Waals surface area (Å²) in [5.74, 6) is -0.118. The van der Waals surface area contributed by atoms with Crippen LogP contribution in [-0.4, -0.2) is 16.6 Å². The number of nitrogens with zero attached hydrogens (tertiary/aromatic N) is 2. The fraction of sp³-hybridized carbons (Fsp3) is 0.167. The van der Waals surface area contributed by atoms with Gasteiger partial charge in [-0.2, -0.15) is 0 Å². The first kappa shape index (κ1) is 13.1. The van der Waals surface area contributed by atoms with Crippen LogP contribution in [0.2, 0.25) is 0 Å². The molecule has 0 atom stereocenters. The molecule has 4 nitrogen and oxygen atoms in total. The number of hydrogen-bond donors (Lipinski definition) is 1. The molecule has 0 aliphatic heterocycles. The molecule has 100 valence electrons. The fourth-order valence-corrected chi connectivity index (χ4v) is 1.65. The van der Waals surface area contributed by atoms with Crippen LogP contribution in [0, 0.1) is 6.92 Å². The molecule has 0 spiro atoms. The molecule has 1 heterocycles. The first-order chi connectivity index (χ1) is 8.87. The van der Waals surface area contributed by atoms with Gasteiger partial charge in [-0.3, -0.25) is 0 Å². The summed E-state index contributed by atoms with van der Waals surface area (Å²) in [7, 11) is 0. The zero-order valence-electron chi connectivity index (χ0n) is 9.90. The Morgan fingerprint density at radius 2 is 1.84 bits per heavy atom. The third kappa shape index (κ3) is 3.12.